The van der Waals surface area contributed by atoms with Gasteiger partial charge in [-0.2, -0.15) is 0 Å². The van der Waals surface area contributed by atoms with Gasteiger partial charge in [0.1, 0.15) is 5.75 Å². The number of rotatable bonds is 8. The fourth-order valence-electron chi connectivity index (χ4n) is 2.64. The van der Waals surface area contributed by atoms with Gasteiger partial charge >= 0.3 is 0 Å². The average molecular weight is 571 g/mol. The molecule has 0 atom stereocenters. The summed E-state index contributed by atoms with van der Waals surface area (Å²) in [6.07, 6.45) is 4.31. The second kappa shape index (κ2) is 12.8. The summed E-state index contributed by atoms with van der Waals surface area (Å²) in [7, 11) is 0. The van der Waals surface area contributed by atoms with E-state index in [1.165, 1.54) is 0 Å². The van der Waals surface area contributed by atoms with Gasteiger partial charge in [0.05, 0.1) is 12.2 Å². The van der Waals surface area contributed by atoms with Crippen LogP contribution in [0.2, 0.25) is 0 Å². The van der Waals surface area contributed by atoms with E-state index in [-0.39, 0.29) is 11.0 Å². The van der Waals surface area contributed by atoms with Crippen LogP contribution in [0.4, 0.5) is 0 Å². The first kappa shape index (κ1) is 25.3. The van der Waals surface area contributed by atoms with Crippen molar-refractivity contribution in [2.24, 2.45) is 0 Å². The first-order valence-electron chi connectivity index (χ1n) is 9.92. The third-order valence-electron chi connectivity index (χ3n) is 4.39. The molecule has 2 aromatic carbocycles. The molecule has 2 aromatic rings. The van der Waals surface area contributed by atoms with Crippen LogP contribution in [-0.2, 0) is 0 Å². The molecular weight excluding hydrogens is 546 g/mol. The van der Waals surface area contributed by atoms with Crippen LogP contribution in [0.5, 0.6) is 5.75 Å². The molecule has 0 saturated heterocycles. The number of halogens is 2. The van der Waals surface area contributed by atoms with E-state index in [0.717, 1.165) is 40.2 Å². The molecule has 0 spiro atoms. The van der Waals surface area contributed by atoms with E-state index < -0.39 is 5.91 Å². The van der Waals surface area contributed by atoms with Gasteiger partial charge in [0.25, 0.3) is 11.8 Å². The number of hydrogen-bond donors (Lipinski definition) is 3. The highest BCUT2D eigenvalue weighted by Gasteiger charge is 2.15. The van der Waals surface area contributed by atoms with Crippen LogP contribution in [0.1, 0.15) is 58.9 Å². The highest BCUT2D eigenvalue weighted by atomic mass is 79.9. The zero-order chi connectivity index (χ0) is 22.8. The Balaban J connectivity index is 1.92. The van der Waals surface area contributed by atoms with Crippen LogP contribution in [0, 0.1) is 6.92 Å². The number of benzene rings is 2. The molecule has 0 radical (unpaired) electrons. The van der Waals surface area contributed by atoms with Gasteiger partial charge in [0.2, 0.25) is 0 Å². The molecule has 0 heterocycles. The van der Waals surface area contributed by atoms with Crippen LogP contribution in [0.3, 0.4) is 0 Å². The third kappa shape index (κ3) is 8.23. The smallest absolute Gasteiger partial charge is 0.269 e. The summed E-state index contributed by atoms with van der Waals surface area (Å²) in [5, 5.41) is 2.53. The maximum absolute atomic E-state index is 12.7. The second-order valence-corrected chi connectivity index (χ2v) is 9.05. The van der Waals surface area contributed by atoms with Gasteiger partial charge in [-0.05, 0) is 61.5 Å². The molecule has 166 valence electrons. The summed E-state index contributed by atoms with van der Waals surface area (Å²) < 4.78 is 7.37. The number of hydrazine groups is 1. The minimum absolute atomic E-state index is 0.0293. The van der Waals surface area contributed by atoms with Gasteiger partial charge in [-0.3, -0.25) is 25.8 Å². The Kier molecular flexibility index (Phi) is 10.4. The van der Waals surface area contributed by atoms with Crippen LogP contribution in [-0.4, -0.2) is 23.5 Å². The summed E-state index contributed by atoms with van der Waals surface area (Å²) in [5.74, 6) is -0.334. The van der Waals surface area contributed by atoms with Crippen LogP contribution in [0.25, 0.3) is 0 Å². The largest absolute Gasteiger partial charge is 0.493 e. The van der Waals surface area contributed by atoms with E-state index in [4.69, 9.17) is 17.0 Å². The van der Waals surface area contributed by atoms with Crippen molar-refractivity contribution < 1.29 is 14.3 Å². The summed E-state index contributed by atoms with van der Waals surface area (Å²) in [6, 6.07) is 10.5. The van der Waals surface area contributed by atoms with Crippen molar-refractivity contribution in [2.75, 3.05) is 6.61 Å². The molecule has 0 aliphatic heterocycles. The molecule has 0 fully saturated rings. The Morgan fingerprint density at radius 2 is 1.77 bits per heavy atom. The number of nitrogens with one attached hydrogen (secondary N) is 3. The van der Waals surface area contributed by atoms with E-state index in [0.29, 0.717) is 23.5 Å². The van der Waals surface area contributed by atoms with Gasteiger partial charge in [0, 0.05) is 14.5 Å². The highest BCUT2D eigenvalue weighted by Crippen LogP contribution is 2.23. The van der Waals surface area contributed by atoms with E-state index in [9.17, 15) is 9.59 Å². The van der Waals surface area contributed by atoms with Gasteiger partial charge in [-0.15, -0.1) is 0 Å². The number of aryl methyl sites for hydroxylation is 1. The summed E-state index contributed by atoms with van der Waals surface area (Å²) >= 11 is 11.9. The lowest BCUT2D eigenvalue weighted by molar-refractivity contribution is 0.0933. The van der Waals surface area contributed by atoms with E-state index in [2.05, 4.69) is 55.0 Å². The SMILES string of the molecule is CCCCCCOc1ccc(Br)cc1C(=O)NC(=S)NNC(=O)c1ccc(C)c(Br)c1. The van der Waals surface area contributed by atoms with Crippen molar-refractivity contribution in [1.29, 1.82) is 0 Å². The molecule has 3 N–H and O–H groups in total. The Labute approximate surface area is 204 Å². The molecule has 2 rings (SSSR count). The zero-order valence-corrected chi connectivity index (χ0v) is 21.4. The fraction of sp³-hybridized carbons (Fsp3) is 0.318. The quantitative estimate of drug-likeness (QED) is 0.224. The van der Waals surface area contributed by atoms with E-state index in [1.54, 1.807) is 24.3 Å². The van der Waals surface area contributed by atoms with Crippen LogP contribution in [0.15, 0.2) is 45.3 Å². The predicted molar refractivity (Wildman–Crippen MR) is 133 cm³/mol. The Bertz CT molecular complexity index is 954. The molecule has 2 amide bonds. The monoisotopic (exact) mass is 569 g/mol. The van der Waals surface area contributed by atoms with Crippen LogP contribution >= 0.6 is 44.1 Å². The van der Waals surface area contributed by atoms with Crippen molar-refractivity contribution in [2.45, 2.75) is 39.5 Å². The molecule has 6 nitrogen and oxygen atoms in total. The molecule has 0 aliphatic carbocycles. The standard InChI is InChI=1S/C22H25Br2N3O3S/c1-3-4-5-6-11-30-19-10-9-16(23)13-17(19)21(29)25-22(31)27-26-20(28)15-8-7-14(2)18(24)12-15/h7-10,12-13H,3-6,11H2,1-2H3,(H,26,28)(H2,25,27,29,31). The first-order valence-corrected chi connectivity index (χ1v) is 11.9. The summed E-state index contributed by atoms with van der Waals surface area (Å²) in [4.78, 5) is 25.0. The van der Waals surface area contributed by atoms with Crippen molar-refractivity contribution >= 4 is 61.0 Å². The van der Waals surface area contributed by atoms with E-state index >= 15 is 0 Å². The molecule has 0 saturated carbocycles. The summed E-state index contributed by atoms with van der Waals surface area (Å²) in [5.41, 5.74) is 6.84. The molecule has 0 aliphatic rings. The van der Waals surface area contributed by atoms with Gasteiger partial charge in [0.15, 0.2) is 5.11 Å². The average Bonchev–Trinajstić information content (AvgIpc) is 2.74. The first-order chi connectivity index (χ1) is 14.8. The Morgan fingerprint density at radius 1 is 1.00 bits per heavy atom. The highest BCUT2D eigenvalue weighted by molar-refractivity contribution is 9.10. The topological polar surface area (TPSA) is 79.5 Å². The van der Waals surface area contributed by atoms with Gasteiger partial charge < -0.3 is 4.74 Å². The maximum Gasteiger partial charge on any atom is 0.269 e. The number of thiocarbonyl (C=S) groups is 1. The molecule has 9 heteroatoms. The van der Waals surface area contributed by atoms with Crippen molar-refractivity contribution in [3.8, 4) is 5.75 Å². The molecular formula is C22H25Br2N3O3S. The lowest BCUT2D eigenvalue weighted by Gasteiger charge is -2.14. The zero-order valence-electron chi connectivity index (χ0n) is 17.4. The molecule has 0 aromatic heterocycles. The lowest BCUT2D eigenvalue weighted by atomic mass is 10.1. The molecule has 31 heavy (non-hydrogen) atoms. The van der Waals surface area contributed by atoms with Crippen molar-refractivity contribution in [3.63, 3.8) is 0 Å². The number of ether oxygens (including phenoxy) is 1. The fourth-order valence-corrected chi connectivity index (χ4v) is 3.52. The normalized spacial score (nSPS) is 10.3. The molecule has 0 unspecified atom stereocenters. The Morgan fingerprint density at radius 3 is 2.48 bits per heavy atom. The minimum atomic E-state index is -0.435. The van der Waals surface area contributed by atoms with Crippen LogP contribution < -0.4 is 20.9 Å². The Hall–Kier alpha value is -1.97. The lowest BCUT2D eigenvalue weighted by Crippen LogP contribution is -2.48. The molecule has 0 bridgehead atoms. The number of amides is 2. The summed E-state index contributed by atoms with van der Waals surface area (Å²) in [6.45, 7) is 4.61. The second-order valence-electron chi connectivity index (χ2n) is 6.88. The predicted octanol–water partition coefficient (Wildman–Crippen LogP) is 5.43. The third-order valence-corrected chi connectivity index (χ3v) is 5.94. The number of carbonyl (C=O) groups excluding carboxylic acids is 2. The van der Waals surface area contributed by atoms with Crippen molar-refractivity contribution in [3.05, 3.63) is 62.0 Å². The maximum atomic E-state index is 12.7. The van der Waals surface area contributed by atoms with Gasteiger partial charge in [-0.25, -0.2) is 0 Å². The minimum Gasteiger partial charge on any atom is -0.493 e. The van der Waals surface area contributed by atoms with Crippen molar-refractivity contribution in [1.82, 2.24) is 16.2 Å². The van der Waals surface area contributed by atoms with Gasteiger partial charge in [-0.1, -0.05) is 64.1 Å². The number of hydrogen-bond acceptors (Lipinski definition) is 4. The number of carbonyl (C=O) groups is 2. The number of unbranched alkanes of at least 4 members (excludes halogenated alkanes) is 3. The van der Waals surface area contributed by atoms with E-state index in [1.807, 2.05) is 19.1 Å².